The van der Waals surface area contributed by atoms with E-state index in [0.29, 0.717) is 12.5 Å². The molecule has 2 N–H and O–H groups in total. The van der Waals surface area contributed by atoms with Crippen molar-refractivity contribution in [2.24, 2.45) is 17.6 Å². The first-order valence-corrected chi connectivity index (χ1v) is 8.70. The van der Waals surface area contributed by atoms with Gasteiger partial charge in [0.25, 0.3) is 5.91 Å². The van der Waals surface area contributed by atoms with Crippen molar-refractivity contribution in [3.05, 3.63) is 29.8 Å². The number of para-hydroxylation sites is 1. The predicted molar refractivity (Wildman–Crippen MR) is 89.6 cm³/mol. The van der Waals surface area contributed by atoms with Crippen LogP contribution in [-0.4, -0.2) is 56.2 Å². The van der Waals surface area contributed by atoms with Crippen molar-refractivity contribution in [3.63, 3.8) is 0 Å². The van der Waals surface area contributed by atoms with E-state index in [0.717, 1.165) is 50.0 Å². The molecule has 3 fully saturated rings. The Bertz CT molecular complexity index is 581. The highest BCUT2D eigenvalue weighted by atomic mass is 16.5. The first kappa shape index (κ1) is 15.0. The van der Waals surface area contributed by atoms with E-state index in [-0.39, 0.29) is 11.9 Å². The number of rotatable bonds is 3. The Morgan fingerprint density at radius 1 is 1.13 bits per heavy atom. The maximum atomic E-state index is 13.1. The SMILES string of the molecule is N[C@@H]1CN(C(=O)c2ccccc2N2CCOCC2)C[C@H]1C1CC1. The molecule has 0 bridgehead atoms. The fourth-order valence-corrected chi connectivity index (χ4v) is 3.95. The molecule has 23 heavy (non-hydrogen) atoms. The Morgan fingerprint density at radius 2 is 1.87 bits per heavy atom. The molecule has 0 unspecified atom stereocenters. The summed E-state index contributed by atoms with van der Waals surface area (Å²) in [5, 5.41) is 0. The number of hydrogen-bond acceptors (Lipinski definition) is 4. The summed E-state index contributed by atoms with van der Waals surface area (Å²) in [5.74, 6) is 1.37. The van der Waals surface area contributed by atoms with E-state index in [2.05, 4.69) is 4.90 Å². The number of likely N-dealkylation sites (tertiary alicyclic amines) is 1. The molecule has 1 aromatic rings. The van der Waals surface area contributed by atoms with Crippen LogP contribution in [0.25, 0.3) is 0 Å². The van der Waals surface area contributed by atoms with Crippen LogP contribution in [0.4, 0.5) is 5.69 Å². The van der Waals surface area contributed by atoms with E-state index in [9.17, 15) is 4.79 Å². The fourth-order valence-electron chi connectivity index (χ4n) is 3.95. The Kier molecular flexibility index (Phi) is 3.99. The third-order valence-corrected chi connectivity index (χ3v) is 5.41. The molecule has 0 spiro atoms. The summed E-state index contributed by atoms with van der Waals surface area (Å²) in [6.45, 7) is 4.64. The Labute approximate surface area is 137 Å². The van der Waals surface area contributed by atoms with Crippen molar-refractivity contribution in [1.29, 1.82) is 0 Å². The monoisotopic (exact) mass is 315 g/mol. The fraction of sp³-hybridized carbons (Fsp3) is 0.611. The summed E-state index contributed by atoms with van der Waals surface area (Å²) >= 11 is 0. The number of amides is 1. The van der Waals surface area contributed by atoms with E-state index in [4.69, 9.17) is 10.5 Å². The second-order valence-corrected chi connectivity index (χ2v) is 6.99. The normalized spacial score (nSPS) is 28.2. The van der Waals surface area contributed by atoms with E-state index < -0.39 is 0 Å². The van der Waals surface area contributed by atoms with Crippen LogP contribution >= 0.6 is 0 Å². The van der Waals surface area contributed by atoms with Gasteiger partial charge in [0.1, 0.15) is 0 Å². The van der Waals surface area contributed by atoms with Gasteiger partial charge < -0.3 is 20.3 Å². The van der Waals surface area contributed by atoms with Crippen LogP contribution < -0.4 is 10.6 Å². The lowest BCUT2D eigenvalue weighted by Crippen LogP contribution is -2.38. The quantitative estimate of drug-likeness (QED) is 0.914. The van der Waals surface area contributed by atoms with Crippen LogP contribution in [0.2, 0.25) is 0 Å². The maximum absolute atomic E-state index is 13.1. The minimum absolute atomic E-state index is 0.130. The molecule has 1 aliphatic carbocycles. The highest BCUT2D eigenvalue weighted by molar-refractivity contribution is 6.00. The van der Waals surface area contributed by atoms with Gasteiger partial charge in [-0.1, -0.05) is 12.1 Å². The summed E-state index contributed by atoms with van der Waals surface area (Å²) in [4.78, 5) is 17.3. The van der Waals surface area contributed by atoms with E-state index in [1.807, 2.05) is 29.2 Å². The van der Waals surface area contributed by atoms with Gasteiger partial charge in [-0.2, -0.15) is 0 Å². The molecule has 4 rings (SSSR count). The van der Waals surface area contributed by atoms with Gasteiger partial charge in [0.15, 0.2) is 0 Å². The molecule has 2 atom stereocenters. The number of carbonyl (C=O) groups excluding carboxylic acids is 1. The maximum Gasteiger partial charge on any atom is 0.256 e. The first-order valence-electron chi connectivity index (χ1n) is 8.70. The molecule has 0 radical (unpaired) electrons. The van der Waals surface area contributed by atoms with Gasteiger partial charge in [0.2, 0.25) is 0 Å². The zero-order valence-electron chi connectivity index (χ0n) is 13.5. The van der Waals surface area contributed by atoms with Crippen LogP contribution in [0.15, 0.2) is 24.3 Å². The van der Waals surface area contributed by atoms with E-state index >= 15 is 0 Å². The molecule has 2 heterocycles. The van der Waals surface area contributed by atoms with Crippen LogP contribution in [0.1, 0.15) is 23.2 Å². The lowest BCUT2D eigenvalue weighted by molar-refractivity contribution is 0.0784. The summed E-state index contributed by atoms with van der Waals surface area (Å²) in [6.07, 6.45) is 2.57. The second kappa shape index (κ2) is 6.13. The molecule has 5 heteroatoms. The average molecular weight is 315 g/mol. The number of carbonyl (C=O) groups is 1. The second-order valence-electron chi connectivity index (χ2n) is 6.99. The minimum atomic E-state index is 0.130. The smallest absolute Gasteiger partial charge is 0.256 e. The van der Waals surface area contributed by atoms with E-state index in [1.165, 1.54) is 12.8 Å². The number of benzene rings is 1. The third kappa shape index (κ3) is 2.95. The largest absolute Gasteiger partial charge is 0.378 e. The lowest BCUT2D eigenvalue weighted by Gasteiger charge is -2.31. The first-order chi connectivity index (χ1) is 11.2. The van der Waals surface area contributed by atoms with Crippen molar-refractivity contribution in [1.82, 2.24) is 4.90 Å². The van der Waals surface area contributed by atoms with Crippen LogP contribution in [0.3, 0.4) is 0 Å². The highest BCUT2D eigenvalue weighted by Crippen LogP contribution is 2.41. The Morgan fingerprint density at radius 3 is 2.61 bits per heavy atom. The predicted octanol–water partition coefficient (Wildman–Crippen LogP) is 1.33. The number of nitrogens with two attached hydrogens (primary N) is 1. The lowest BCUT2D eigenvalue weighted by atomic mass is 9.99. The van der Waals surface area contributed by atoms with Crippen molar-refractivity contribution in [2.75, 3.05) is 44.3 Å². The molecule has 1 saturated carbocycles. The van der Waals surface area contributed by atoms with Crippen molar-refractivity contribution in [3.8, 4) is 0 Å². The zero-order chi connectivity index (χ0) is 15.8. The van der Waals surface area contributed by atoms with Gasteiger partial charge in [-0.05, 0) is 36.8 Å². The molecule has 124 valence electrons. The number of ether oxygens (including phenoxy) is 1. The van der Waals surface area contributed by atoms with Gasteiger partial charge >= 0.3 is 0 Å². The number of anilines is 1. The minimum Gasteiger partial charge on any atom is -0.378 e. The van der Waals surface area contributed by atoms with Gasteiger partial charge in [-0.15, -0.1) is 0 Å². The molecular weight excluding hydrogens is 290 g/mol. The molecule has 0 aromatic heterocycles. The topological polar surface area (TPSA) is 58.8 Å². The van der Waals surface area contributed by atoms with Crippen molar-refractivity contribution < 1.29 is 9.53 Å². The van der Waals surface area contributed by atoms with E-state index in [1.54, 1.807) is 0 Å². The molecular formula is C18H25N3O2. The summed E-state index contributed by atoms with van der Waals surface area (Å²) in [6, 6.07) is 8.09. The third-order valence-electron chi connectivity index (χ3n) is 5.41. The molecule has 2 saturated heterocycles. The summed E-state index contributed by atoms with van der Waals surface area (Å²) in [5.41, 5.74) is 8.12. The van der Waals surface area contributed by atoms with Crippen LogP contribution in [0, 0.1) is 11.8 Å². The average Bonchev–Trinajstić information content (AvgIpc) is 3.37. The van der Waals surface area contributed by atoms with Gasteiger partial charge in [0.05, 0.1) is 18.8 Å². The Balaban J connectivity index is 1.54. The van der Waals surface area contributed by atoms with Crippen molar-refractivity contribution >= 4 is 11.6 Å². The number of hydrogen-bond donors (Lipinski definition) is 1. The molecule has 5 nitrogen and oxygen atoms in total. The number of nitrogens with zero attached hydrogens (tertiary/aromatic N) is 2. The van der Waals surface area contributed by atoms with Gasteiger partial charge in [-0.25, -0.2) is 0 Å². The zero-order valence-corrected chi connectivity index (χ0v) is 13.5. The molecule has 2 aliphatic heterocycles. The van der Waals surface area contributed by atoms with Gasteiger partial charge in [0, 0.05) is 37.9 Å². The molecule has 1 amide bonds. The Hall–Kier alpha value is -1.59. The standard InChI is InChI=1S/C18H25N3O2/c19-16-12-21(11-15(16)13-5-6-13)18(22)14-3-1-2-4-17(14)20-7-9-23-10-8-20/h1-4,13,15-16H,5-12,19H2/t15-,16+/m0/s1. The van der Waals surface area contributed by atoms with Crippen LogP contribution in [-0.2, 0) is 4.74 Å². The summed E-state index contributed by atoms with van der Waals surface area (Å²) < 4.78 is 5.43. The highest BCUT2D eigenvalue weighted by Gasteiger charge is 2.42. The van der Waals surface area contributed by atoms with Crippen molar-refractivity contribution in [2.45, 2.75) is 18.9 Å². The van der Waals surface area contributed by atoms with Crippen LogP contribution in [0.5, 0.6) is 0 Å². The summed E-state index contributed by atoms with van der Waals surface area (Å²) in [7, 11) is 0. The number of morpholine rings is 1. The van der Waals surface area contributed by atoms with Gasteiger partial charge in [-0.3, -0.25) is 4.79 Å². The molecule has 1 aromatic carbocycles. The molecule has 3 aliphatic rings.